The number of hydrogen-bond acceptors (Lipinski definition) is 5. The van der Waals surface area contributed by atoms with E-state index in [0.29, 0.717) is 30.9 Å². The number of carbonyl (C=O) groups is 2. The van der Waals surface area contributed by atoms with Gasteiger partial charge in [0, 0.05) is 31.3 Å². The molecule has 29 heavy (non-hydrogen) atoms. The molecule has 1 fully saturated rings. The average Bonchev–Trinajstić information content (AvgIpc) is 3.09. The summed E-state index contributed by atoms with van der Waals surface area (Å²) in [6.07, 6.45) is 0.697. The number of primary sulfonamides is 1. The summed E-state index contributed by atoms with van der Waals surface area (Å²) in [6.45, 7) is 0.707. The first-order chi connectivity index (χ1) is 13.8. The number of anilines is 1. The summed E-state index contributed by atoms with van der Waals surface area (Å²) in [6, 6.07) is 13.4. The van der Waals surface area contributed by atoms with Gasteiger partial charge < -0.3 is 15.0 Å². The molecule has 0 unspecified atom stereocenters. The second-order valence-corrected chi connectivity index (χ2v) is 8.40. The van der Waals surface area contributed by atoms with Gasteiger partial charge in [0.25, 0.3) is 0 Å². The zero-order valence-corrected chi connectivity index (χ0v) is 16.8. The Labute approximate surface area is 169 Å². The highest BCUT2D eigenvalue weighted by Crippen LogP contribution is 2.27. The first-order valence-electron chi connectivity index (χ1n) is 9.12. The van der Waals surface area contributed by atoms with Gasteiger partial charge in [-0.2, -0.15) is 0 Å². The SMILES string of the molecule is COc1cccc(N2C[C@H](C(=O)NCCc3ccc(S(N)(=O)=O)cc3)CC2=O)c1. The Hall–Kier alpha value is -2.91. The molecule has 1 aliphatic rings. The molecule has 1 aliphatic heterocycles. The van der Waals surface area contributed by atoms with Crippen molar-refractivity contribution in [1.82, 2.24) is 5.32 Å². The lowest BCUT2D eigenvalue weighted by atomic mass is 10.1. The van der Waals surface area contributed by atoms with Gasteiger partial charge in [-0.3, -0.25) is 9.59 Å². The maximum absolute atomic E-state index is 12.5. The molecule has 1 heterocycles. The van der Waals surface area contributed by atoms with Gasteiger partial charge in [-0.05, 0) is 36.2 Å². The van der Waals surface area contributed by atoms with Crippen LogP contribution in [-0.2, 0) is 26.0 Å². The van der Waals surface area contributed by atoms with E-state index in [2.05, 4.69) is 5.32 Å². The summed E-state index contributed by atoms with van der Waals surface area (Å²) >= 11 is 0. The number of nitrogens with zero attached hydrogens (tertiary/aromatic N) is 1. The van der Waals surface area contributed by atoms with Crippen LogP contribution in [0, 0.1) is 5.92 Å². The van der Waals surface area contributed by atoms with Gasteiger partial charge in [0.2, 0.25) is 21.8 Å². The van der Waals surface area contributed by atoms with Crippen LogP contribution in [-0.4, -0.2) is 40.4 Å². The molecule has 2 amide bonds. The van der Waals surface area contributed by atoms with Crippen LogP contribution >= 0.6 is 0 Å². The van der Waals surface area contributed by atoms with E-state index in [4.69, 9.17) is 9.88 Å². The minimum Gasteiger partial charge on any atom is -0.497 e. The Morgan fingerprint density at radius 3 is 2.62 bits per heavy atom. The van der Waals surface area contributed by atoms with Gasteiger partial charge in [-0.15, -0.1) is 0 Å². The van der Waals surface area contributed by atoms with Crippen LogP contribution in [0.3, 0.4) is 0 Å². The summed E-state index contributed by atoms with van der Waals surface area (Å²) < 4.78 is 27.7. The molecule has 3 N–H and O–H groups in total. The maximum atomic E-state index is 12.5. The monoisotopic (exact) mass is 417 g/mol. The van der Waals surface area contributed by atoms with E-state index >= 15 is 0 Å². The van der Waals surface area contributed by atoms with Crippen molar-refractivity contribution in [1.29, 1.82) is 0 Å². The average molecular weight is 417 g/mol. The summed E-state index contributed by atoms with van der Waals surface area (Å²) in [5.41, 5.74) is 1.58. The molecule has 2 aromatic carbocycles. The Morgan fingerprint density at radius 1 is 1.24 bits per heavy atom. The van der Waals surface area contributed by atoms with E-state index in [1.165, 1.54) is 12.1 Å². The molecular weight excluding hydrogens is 394 g/mol. The molecule has 0 aliphatic carbocycles. The summed E-state index contributed by atoms with van der Waals surface area (Å²) in [7, 11) is -2.16. The van der Waals surface area contributed by atoms with Crippen molar-refractivity contribution in [3.05, 3.63) is 54.1 Å². The predicted octanol–water partition coefficient (Wildman–Crippen LogP) is 1.05. The van der Waals surface area contributed by atoms with Gasteiger partial charge >= 0.3 is 0 Å². The third-order valence-corrected chi connectivity index (χ3v) is 5.75. The number of rotatable bonds is 7. The molecule has 0 aromatic heterocycles. The highest BCUT2D eigenvalue weighted by molar-refractivity contribution is 7.89. The fraction of sp³-hybridized carbons (Fsp3) is 0.300. The van der Waals surface area contributed by atoms with Crippen molar-refractivity contribution >= 4 is 27.5 Å². The zero-order chi connectivity index (χ0) is 21.0. The van der Waals surface area contributed by atoms with Gasteiger partial charge in [-0.1, -0.05) is 18.2 Å². The van der Waals surface area contributed by atoms with Crippen molar-refractivity contribution in [2.75, 3.05) is 25.1 Å². The third kappa shape index (κ3) is 5.12. The summed E-state index contributed by atoms with van der Waals surface area (Å²) in [5.74, 6) is -0.0444. The summed E-state index contributed by atoms with van der Waals surface area (Å²) in [4.78, 5) is 26.4. The van der Waals surface area contributed by atoms with Gasteiger partial charge in [-0.25, -0.2) is 13.6 Å². The second-order valence-electron chi connectivity index (χ2n) is 6.84. The number of sulfonamides is 1. The standard InChI is InChI=1S/C20H23N3O5S/c1-28-17-4-2-3-16(12-17)23-13-15(11-19(23)24)20(25)22-10-9-14-5-7-18(8-6-14)29(21,26)27/h2-8,12,15H,9-11,13H2,1H3,(H,22,25)(H2,21,26,27)/t15-/m1/s1. The van der Waals surface area contributed by atoms with Crippen LogP contribution in [0.25, 0.3) is 0 Å². The Morgan fingerprint density at radius 2 is 1.97 bits per heavy atom. The van der Waals surface area contributed by atoms with Crippen molar-refractivity contribution in [3.8, 4) is 5.75 Å². The molecule has 3 rings (SSSR count). The largest absolute Gasteiger partial charge is 0.497 e. The van der Waals surface area contributed by atoms with E-state index < -0.39 is 15.9 Å². The summed E-state index contributed by atoms with van der Waals surface area (Å²) in [5, 5.41) is 7.92. The van der Waals surface area contributed by atoms with Crippen LogP contribution in [0.4, 0.5) is 5.69 Å². The van der Waals surface area contributed by atoms with Gasteiger partial charge in [0.1, 0.15) is 5.75 Å². The van der Waals surface area contributed by atoms with Crippen LogP contribution < -0.4 is 20.1 Å². The first kappa shape index (κ1) is 20.8. The van der Waals surface area contributed by atoms with Crippen molar-refractivity contribution in [2.45, 2.75) is 17.7 Å². The number of nitrogens with one attached hydrogen (secondary N) is 1. The predicted molar refractivity (Wildman–Crippen MR) is 108 cm³/mol. The van der Waals surface area contributed by atoms with Crippen LogP contribution in [0.5, 0.6) is 5.75 Å². The quantitative estimate of drug-likeness (QED) is 0.698. The molecule has 0 saturated carbocycles. The third-order valence-electron chi connectivity index (χ3n) is 4.83. The Balaban J connectivity index is 1.53. The highest BCUT2D eigenvalue weighted by Gasteiger charge is 2.35. The molecule has 1 atom stereocenters. The number of carbonyl (C=O) groups excluding carboxylic acids is 2. The second kappa shape index (κ2) is 8.62. The molecular formula is C20H23N3O5S. The fourth-order valence-corrected chi connectivity index (χ4v) is 3.75. The maximum Gasteiger partial charge on any atom is 0.238 e. The van der Waals surface area contributed by atoms with E-state index in [0.717, 1.165) is 5.56 Å². The molecule has 0 radical (unpaired) electrons. The molecule has 2 aromatic rings. The molecule has 9 heteroatoms. The number of benzene rings is 2. The zero-order valence-electron chi connectivity index (χ0n) is 16.0. The number of methoxy groups -OCH3 is 1. The lowest BCUT2D eigenvalue weighted by Crippen LogP contribution is -2.34. The Kier molecular flexibility index (Phi) is 6.19. The van der Waals surface area contributed by atoms with Gasteiger partial charge in [0.05, 0.1) is 17.9 Å². The van der Waals surface area contributed by atoms with E-state index in [1.54, 1.807) is 42.3 Å². The van der Waals surface area contributed by atoms with E-state index in [1.807, 2.05) is 6.07 Å². The topological polar surface area (TPSA) is 119 Å². The van der Waals surface area contributed by atoms with Crippen LogP contribution in [0.15, 0.2) is 53.4 Å². The smallest absolute Gasteiger partial charge is 0.238 e. The molecule has 8 nitrogen and oxygen atoms in total. The number of nitrogens with two attached hydrogens (primary N) is 1. The van der Waals surface area contributed by atoms with Gasteiger partial charge in [0.15, 0.2) is 0 Å². The Bertz CT molecular complexity index is 1010. The minimum absolute atomic E-state index is 0.0485. The number of amides is 2. The number of hydrogen-bond donors (Lipinski definition) is 2. The minimum atomic E-state index is -3.72. The molecule has 0 spiro atoms. The fourth-order valence-electron chi connectivity index (χ4n) is 3.23. The van der Waals surface area contributed by atoms with E-state index in [9.17, 15) is 18.0 Å². The molecule has 154 valence electrons. The first-order valence-corrected chi connectivity index (χ1v) is 10.7. The molecule has 1 saturated heterocycles. The molecule has 0 bridgehead atoms. The lowest BCUT2D eigenvalue weighted by molar-refractivity contribution is -0.126. The van der Waals surface area contributed by atoms with Crippen molar-refractivity contribution in [3.63, 3.8) is 0 Å². The van der Waals surface area contributed by atoms with E-state index in [-0.39, 0.29) is 23.1 Å². The van der Waals surface area contributed by atoms with Crippen LogP contribution in [0.1, 0.15) is 12.0 Å². The van der Waals surface area contributed by atoms with Crippen LogP contribution in [0.2, 0.25) is 0 Å². The van der Waals surface area contributed by atoms with Crippen molar-refractivity contribution in [2.24, 2.45) is 11.1 Å². The normalized spacial score (nSPS) is 16.7. The highest BCUT2D eigenvalue weighted by atomic mass is 32.2. The lowest BCUT2D eigenvalue weighted by Gasteiger charge is -2.17. The van der Waals surface area contributed by atoms with Crippen molar-refractivity contribution < 1.29 is 22.7 Å². The number of ether oxygens (including phenoxy) is 1.